The van der Waals surface area contributed by atoms with Gasteiger partial charge in [0, 0.05) is 53.3 Å². The highest BCUT2D eigenvalue weighted by molar-refractivity contribution is 7.45. The number of hydrogen-bond donors (Lipinski definition) is 8. The lowest BCUT2D eigenvalue weighted by atomic mass is 9.86. The minimum atomic E-state index is -4.64. The molecule has 1 aromatic carbocycles. The molecule has 1 spiro atoms. The molecule has 14 nitrogen and oxygen atoms in total. The zero-order valence-corrected chi connectivity index (χ0v) is 26.0. The van der Waals surface area contributed by atoms with Crippen LogP contribution in [-0.4, -0.2) is 70.5 Å². The molecule has 238 valence electrons. The van der Waals surface area contributed by atoms with Crippen molar-refractivity contribution >= 4 is 43.8 Å². The van der Waals surface area contributed by atoms with Crippen molar-refractivity contribution in [3.63, 3.8) is 0 Å². The van der Waals surface area contributed by atoms with Crippen molar-refractivity contribution in [3.05, 3.63) is 35.5 Å². The van der Waals surface area contributed by atoms with Gasteiger partial charge in [-0.05, 0) is 76.6 Å². The van der Waals surface area contributed by atoms with Crippen molar-refractivity contribution < 1.29 is 53.0 Å². The molecule has 2 heterocycles. The van der Waals surface area contributed by atoms with E-state index in [1.807, 2.05) is 32.2 Å². The van der Waals surface area contributed by atoms with Crippen LogP contribution in [0.2, 0.25) is 5.02 Å². The van der Waals surface area contributed by atoms with Gasteiger partial charge in [-0.15, -0.1) is 0 Å². The summed E-state index contributed by atoms with van der Waals surface area (Å²) in [7, 11) is -9.28. The predicted molar refractivity (Wildman–Crippen MR) is 155 cm³/mol. The fraction of sp³-hybridized carbons (Fsp3) is 0.640. The highest BCUT2D eigenvalue weighted by Gasteiger charge is 2.45. The van der Waals surface area contributed by atoms with E-state index >= 15 is 0 Å². The molecule has 0 radical (unpaired) electrons. The average Bonchev–Trinajstić information content (AvgIpc) is 2.87. The van der Waals surface area contributed by atoms with Gasteiger partial charge in [-0.1, -0.05) is 11.6 Å². The first-order chi connectivity index (χ1) is 19.4. The van der Waals surface area contributed by atoms with Crippen molar-refractivity contribution in [2.45, 2.75) is 94.7 Å². The Morgan fingerprint density at radius 2 is 1.40 bits per heavy atom. The fourth-order valence-electron chi connectivity index (χ4n) is 5.20. The molecule has 2 aliphatic carbocycles. The first-order valence-corrected chi connectivity index (χ1v) is 17.0. The zero-order chi connectivity index (χ0) is 31.2. The summed E-state index contributed by atoms with van der Waals surface area (Å²) in [5, 5.41) is 9.52. The lowest BCUT2D eigenvalue weighted by Gasteiger charge is -2.45. The SMILES string of the molecule is CC1(C)COC2(CCC(NC3CCC(Nc4ccnc5cc(Cl)ccc45)CC3)CC2)OO1.O=P(O)(O)O.O=P(O)(O)O. The van der Waals surface area contributed by atoms with Crippen LogP contribution in [0.5, 0.6) is 0 Å². The van der Waals surface area contributed by atoms with E-state index in [2.05, 4.69) is 27.8 Å². The molecule has 42 heavy (non-hydrogen) atoms. The van der Waals surface area contributed by atoms with Crippen LogP contribution in [-0.2, 0) is 23.6 Å². The molecule has 0 unspecified atom stereocenters. The van der Waals surface area contributed by atoms with Crippen molar-refractivity contribution in [3.8, 4) is 0 Å². The Bertz CT molecular complexity index is 1210. The molecular formula is C25H40ClN3O11P2. The van der Waals surface area contributed by atoms with Crippen molar-refractivity contribution in [1.82, 2.24) is 10.3 Å². The quantitative estimate of drug-likeness (QED) is 0.174. The van der Waals surface area contributed by atoms with Gasteiger partial charge in [0.05, 0.1) is 12.1 Å². The smallest absolute Gasteiger partial charge is 0.382 e. The zero-order valence-electron chi connectivity index (χ0n) is 23.4. The Morgan fingerprint density at radius 1 is 0.857 bits per heavy atom. The van der Waals surface area contributed by atoms with Crippen molar-refractivity contribution in [1.29, 1.82) is 0 Å². The number of rotatable bonds is 4. The van der Waals surface area contributed by atoms with Gasteiger partial charge in [0.1, 0.15) is 5.60 Å². The summed E-state index contributed by atoms with van der Waals surface area (Å²) in [5.74, 6) is -0.535. The molecule has 1 aliphatic heterocycles. The van der Waals surface area contributed by atoms with E-state index in [1.54, 1.807) is 0 Å². The van der Waals surface area contributed by atoms with Crippen LogP contribution in [0.15, 0.2) is 30.5 Å². The molecule has 1 saturated heterocycles. The van der Waals surface area contributed by atoms with E-state index in [-0.39, 0.29) is 5.60 Å². The molecule has 1 aromatic heterocycles. The first-order valence-electron chi connectivity index (χ1n) is 13.5. The fourth-order valence-corrected chi connectivity index (χ4v) is 5.37. The summed E-state index contributed by atoms with van der Waals surface area (Å²) in [6.07, 6.45) is 10.5. The van der Waals surface area contributed by atoms with Gasteiger partial charge in [-0.3, -0.25) is 4.98 Å². The summed E-state index contributed by atoms with van der Waals surface area (Å²) < 4.78 is 23.8. The summed E-state index contributed by atoms with van der Waals surface area (Å²) in [4.78, 5) is 58.8. The molecular weight excluding hydrogens is 616 g/mol. The predicted octanol–water partition coefficient (Wildman–Crippen LogP) is 3.74. The number of ether oxygens (including phenoxy) is 1. The van der Waals surface area contributed by atoms with Crippen LogP contribution in [0.25, 0.3) is 10.9 Å². The monoisotopic (exact) mass is 655 g/mol. The normalized spacial score (nSPS) is 27.8. The number of benzene rings is 1. The molecule has 2 aromatic rings. The van der Waals surface area contributed by atoms with Gasteiger partial charge >= 0.3 is 15.6 Å². The molecule has 0 bridgehead atoms. The number of aromatic nitrogens is 1. The Labute approximate surface area is 249 Å². The van der Waals surface area contributed by atoms with Gasteiger partial charge < -0.3 is 44.7 Å². The van der Waals surface area contributed by atoms with Crippen LogP contribution in [0.4, 0.5) is 5.69 Å². The maximum atomic E-state index is 8.88. The minimum absolute atomic E-state index is 0.359. The maximum absolute atomic E-state index is 8.88. The standard InChI is InChI=1S/C25H34ClN3O3.2H3O4P/c1-24(2)16-30-25(32-31-24)12-9-20(10-13-25)28-18-4-6-19(7-5-18)29-22-11-14-27-23-15-17(26)3-8-21(22)23;2*1-5(2,3)4/h3,8,11,14-15,18-20,28H,4-7,9-10,12-13,16H2,1-2H3,(H,27,29);2*(H3,1,2,3,4). The molecule has 0 atom stereocenters. The maximum Gasteiger partial charge on any atom is 0.466 e. The number of nitrogens with one attached hydrogen (secondary N) is 2. The highest BCUT2D eigenvalue weighted by atomic mass is 35.5. The van der Waals surface area contributed by atoms with E-state index in [1.165, 1.54) is 25.7 Å². The topological polar surface area (TPSA) is 220 Å². The number of nitrogens with zero attached hydrogens (tertiary/aromatic N) is 1. The van der Waals surface area contributed by atoms with Crippen molar-refractivity contribution in [2.75, 3.05) is 11.9 Å². The highest BCUT2D eigenvalue weighted by Crippen LogP contribution is 2.39. The Hall–Kier alpha value is -1.22. The van der Waals surface area contributed by atoms with Gasteiger partial charge in [-0.2, -0.15) is 0 Å². The van der Waals surface area contributed by atoms with Gasteiger partial charge in [0.15, 0.2) is 0 Å². The number of fused-ring (bicyclic) bond motifs is 1. The Morgan fingerprint density at radius 3 is 1.95 bits per heavy atom. The summed E-state index contributed by atoms with van der Waals surface area (Å²) in [5.41, 5.74) is 1.73. The summed E-state index contributed by atoms with van der Waals surface area (Å²) >= 11 is 6.13. The Balaban J connectivity index is 0.000000420. The van der Waals surface area contributed by atoms with Gasteiger partial charge in [-0.25, -0.2) is 18.9 Å². The molecule has 2 saturated carbocycles. The van der Waals surface area contributed by atoms with Crippen LogP contribution < -0.4 is 10.6 Å². The molecule has 0 amide bonds. The second kappa shape index (κ2) is 14.7. The Kier molecular flexibility index (Phi) is 12.3. The number of phosphoric acid groups is 2. The van der Waals surface area contributed by atoms with Crippen LogP contribution in [0.3, 0.4) is 0 Å². The molecule has 3 aliphatic rings. The number of halogens is 1. The van der Waals surface area contributed by atoms with Crippen molar-refractivity contribution in [2.24, 2.45) is 0 Å². The van der Waals surface area contributed by atoms with E-state index in [0.29, 0.717) is 24.7 Å². The molecule has 8 N–H and O–H groups in total. The second-order valence-corrected chi connectivity index (χ2v) is 13.8. The largest absolute Gasteiger partial charge is 0.466 e. The number of hydrogen-bond acceptors (Lipinski definition) is 8. The third kappa shape index (κ3) is 12.8. The van der Waals surface area contributed by atoms with E-state index in [9.17, 15) is 0 Å². The van der Waals surface area contributed by atoms with Crippen LogP contribution >= 0.6 is 27.2 Å². The van der Waals surface area contributed by atoms with E-state index in [4.69, 9.17) is 64.6 Å². The van der Waals surface area contributed by atoms with Crippen LogP contribution in [0, 0.1) is 0 Å². The molecule has 3 fully saturated rings. The molecule has 17 heteroatoms. The van der Waals surface area contributed by atoms with Gasteiger partial charge in [0.2, 0.25) is 5.79 Å². The number of pyridine rings is 1. The summed E-state index contributed by atoms with van der Waals surface area (Å²) in [6, 6.07) is 9.60. The molecule has 5 rings (SSSR count). The van der Waals surface area contributed by atoms with Gasteiger partial charge in [0.25, 0.3) is 0 Å². The average molecular weight is 656 g/mol. The number of anilines is 1. The van der Waals surface area contributed by atoms with Crippen LogP contribution in [0.1, 0.15) is 65.2 Å². The van der Waals surface area contributed by atoms with E-state index in [0.717, 1.165) is 47.3 Å². The minimum Gasteiger partial charge on any atom is -0.382 e. The first kappa shape index (κ1) is 35.3. The third-order valence-electron chi connectivity index (χ3n) is 7.11. The lowest BCUT2D eigenvalue weighted by molar-refractivity contribution is -0.511. The second-order valence-electron chi connectivity index (χ2n) is 11.3. The third-order valence-corrected chi connectivity index (χ3v) is 7.35. The lowest BCUT2D eigenvalue weighted by Crippen LogP contribution is -2.53. The van der Waals surface area contributed by atoms with E-state index < -0.39 is 21.4 Å². The summed E-state index contributed by atoms with van der Waals surface area (Å²) in [6.45, 7) is 4.57.